The number of rotatable bonds is 3. The molecule has 7 heteroatoms. The molecule has 3 aromatic rings. The number of amides is 2. The van der Waals surface area contributed by atoms with Gasteiger partial charge in [-0.05, 0) is 36.2 Å². The van der Waals surface area contributed by atoms with Crippen LogP contribution < -0.4 is 10.2 Å². The van der Waals surface area contributed by atoms with Crippen LogP contribution in [0.5, 0.6) is 0 Å². The van der Waals surface area contributed by atoms with Crippen LogP contribution in [0.1, 0.15) is 23.0 Å². The van der Waals surface area contributed by atoms with Crippen LogP contribution in [0.15, 0.2) is 51.6 Å². The molecule has 0 atom stereocenters. The van der Waals surface area contributed by atoms with Gasteiger partial charge < -0.3 is 19.2 Å². The summed E-state index contributed by atoms with van der Waals surface area (Å²) in [7, 11) is 0. The fourth-order valence-electron chi connectivity index (χ4n) is 2.90. The highest BCUT2D eigenvalue weighted by molar-refractivity contribution is 6.04. The zero-order valence-electron chi connectivity index (χ0n) is 13.5. The van der Waals surface area contributed by atoms with Crippen LogP contribution in [-0.2, 0) is 11.2 Å². The topological polar surface area (TPSA) is 88.6 Å². The first-order chi connectivity index (χ1) is 12.1. The Morgan fingerprint density at radius 3 is 2.84 bits per heavy atom. The van der Waals surface area contributed by atoms with Crippen molar-refractivity contribution < 1.29 is 18.5 Å². The minimum Gasteiger partial charge on any atom is -0.461 e. The van der Waals surface area contributed by atoms with E-state index in [9.17, 15) is 9.59 Å². The summed E-state index contributed by atoms with van der Waals surface area (Å²) in [4.78, 5) is 25.8. The molecule has 1 aromatic carbocycles. The van der Waals surface area contributed by atoms with Crippen LogP contribution in [-0.4, -0.2) is 23.5 Å². The maximum absolute atomic E-state index is 12.4. The van der Waals surface area contributed by atoms with Gasteiger partial charge >= 0.3 is 0 Å². The van der Waals surface area contributed by atoms with Gasteiger partial charge in [-0.2, -0.15) is 0 Å². The number of carbonyl (C=O) groups is 2. The number of fused-ring (bicyclic) bond motifs is 1. The zero-order valence-corrected chi connectivity index (χ0v) is 13.5. The SMILES string of the molecule is CC(=O)N1CCc2ccc(NC(=O)c3cc(-c4ccco4)on3)cc21. The highest BCUT2D eigenvalue weighted by Gasteiger charge is 2.23. The third kappa shape index (κ3) is 2.80. The summed E-state index contributed by atoms with van der Waals surface area (Å²) in [6.07, 6.45) is 2.34. The number of anilines is 2. The first-order valence-electron chi connectivity index (χ1n) is 7.85. The van der Waals surface area contributed by atoms with Gasteiger partial charge in [0.25, 0.3) is 5.91 Å². The number of nitrogens with one attached hydrogen (secondary N) is 1. The average Bonchev–Trinajstić information content (AvgIpc) is 3.33. The van der Waals surface area contributed by atoms with Crippen LogP contribution in [0.2, 0.25) is 0 Å². The molecule has 7 nitrogen and oxygen atoms in total. The first kappa shape index (κ1) is 15.2. The van der Waals surface area contributed by atoms with Crippen molar-refractivity contribution in [3.8, 4) is 11.5 Å². The molecular formula is C18H15N3O4. The average molecular weight is 337 g/mol. The van der Waals surface area contributed by atoms with E-state index in [0.29, 0.717) is 23.8 Å². The van der Waals surface area contributed by atoms with Crippen LogP contribution >= 0.6 is 0 Å². The first-order valence-corrected chi connectivity index (χ1v) is 7.85. The molecular weight excluding hydrogens is 322 g/mol. The van der Waals surface area contributed by atoms with Crippen molar-refractivity contribution >= 4 is 23.2 Å². The lowest BCUT2D eigenvalue weighted by Crippen LogP contribution is -2.25. The minimum absolute atomic E-state index is 0.0122. The van der Waals surface area contributed by atoms with Crippen molar-refractivity contribution in [2.24, 2.45) is 0 Å². The van der Waals surface area contributed by atoms with E-state index in [1.165, 1.54) is 19.3 Å². The van der Waals surface area contributed by atoms with Crippen LogP contribution in [0.4, 0.5) is 11.4 Å². The van der Waals surface area contributed by atoms with E-state index in [1.54, 1.807) is 23.1 Å². The molecule has 0 saturated carbocycles. The number of aromatic nitrogens is 1. The third-order valence-electron chi connectivity index (χ3n) is 4.13. The van der Waals surface area contributed by atoms with Gasteiger partial charge in [0, 0.05) is 30.9 Å². The van der Waals surface area contributed by atoms with Crippen LogP contribution in [0, 0.1) is 0 Å². The Bertz CT molecular complexity index is 943. The van der Waals surface area contributed by atoms with Gasteiger partial charge in [0.2, 0.25) is 11.7 Å². The van der Waals surface area contributed by atoms with Crippen molar-refractivity contribution in [1.29, 1.82) is 0 Å². The van der Waals surface area contributed by atoms with E-state index in [0.717, 1.165) is 17.7 Å². The maximum Gasteiger partial charge on any atom is 0.277 e. The van der Waals surface area contributed by atoms with Gasteiger partial charge in [0.05, 0.1) is 6.26 Å². The maximum atomic E-state index is 12.4. The summed E-state index contributed by atoms with van der Waals surface area (Å²) in [6, 6.07) is 10.5. The Balaban J connectivity index is 1.54. The van der Waals surface area contributed by atoms with Crippen LogP contribution in [0.3, 0.4) is 0 Å². The van der Waals surface area contributed by atoms with E-state index in [-0.39, 0.29) is 11.6 Å². The lowest BCUT2D eigenvalue weighted by atomic mass is 10.1. The molecule has 0 spiro atoms. The van der Waals surface area contributed by atoms with E-state index >= 15 is 0 Å². The summed E-state index contributed by atoms with van der Waals surface area (Å²) in [5.41, 5.74) is 2.67. The van der Waals surface area contributed by atoms with Gasteiger partial charge in [-0.1, -0.05) is 11.2 Å². The molecule has 1 aliphatic rings. The second kappa shape index (κ2) is 5.94. The van der Waals surface area contributed by atoms with Crippen molar-refractivity contribution in [1.82, 2.24) is 5.16 Å². The number of hydrogen-bond acceptors (Lipinski definition) is 5. The molecule has 3 heterocycles. The minimum atomic E-state index is -0.395. The lowest BCUT2D eigenvalue weighted by molar-refractivity contribution is -0.116. The molecule has 25 heavy (non-hydrogen) atoms. The number of nitrogens with zero attached hydrogens (tertiary/aromatic N) is 2. The normalized spacial score (nSPS) is 12.9. The van der Waals surface area contributed by atoms with Crippen molar-refractivity contribution in [2.45, 2.75) is 13.3 Å². The smallest absolute Gasteiger partial charge is 0.277 e. The predicted octanol–water partition coefficient (Wildman–Crippen LogP) is 3.10. The van der Waals surface area contributed by atoms with E-state index in [1.807, 2.05) is 12.1 Å². The van der Waals surface area contributed by atoms with Gasteiger partial charge in [0.15, 0.2) is 11.5 Å². The molecule has 0 radical (unpaired) electrons. The largest absolute Gasteiger partial charge is 0.461 e. The second-order valence-corrected chi connectivity index (χ2v) is 5.77. The fourth-order valence-corrected chi connectivity index (χ4v) is 2.90. The van der Waals surface area contributed by atoms with Gasteiger partial charge in [0.1, 0.15) is 0 Å². The predicted molar refractivity (Wildman–Crippen MR) is 90.3 cm³/mol. The molecule has 0 unspecified atom stereocenters. The summed E-state index contributed by atoms with van der Waals surface area (Å²) < 4.78 is 10.3. The number of hydrogen-bond donors (Lipinski definition) is 1. The summed E-state index contributed by atoms with van der Waals surface area (Å²) >= 11 is 0. The Kier molecular flexibility index (Phi) is 3.61. The number of carbonyl (C=O) groups excluding carboxylic acids is 2. The molecule has 0 saturated heterocycles. The molecule has 0 bridgehead atoms. The van der Waals surface area contributed by atoms with E-state index in [4.69, 9.17) is 8.94 Å². The second-order valence-electron chi connectivity index (χ2n) is 5.77. The summed E-state index contributed by atoms with van der Waals surface area (Å²) in [6.45, 7) is 2.20. The van der Waals surface area contributed by atoms with Crippen molar-refractivity contribution in [3.05, 3.63) is 53.9 Å². The molecule has 2 amide bonds. The zero-order chi connectivity index (χ0) is 17.4. The van der Waals surface area contributed by atoms with Gasteiger partial charge in [-0.15, -0.1) is 0 Å². The quantitative estimate of drug-likeness (QED) is 0.793. The Morgan fingerprint density at radius 2 is 2.08 bits per heavy atom. The fraction of sp³-hybridized carbons (Fsp3) is 0.167. The van der Waals surface area contributed by atoms with Crippen molar-refractivity contribution in [3.63, 3.8) is 0 Å². The van der Waals surface area contributed by atoms with Crippen LogP contribution in [0.25, 0.3) is 11.5 Å². The Hall–Kier alpha value is -3.35. The summed E-state index contributed by atoms with van der Waals surface area (Å²) in [5.74, 6) is 0.476. The van der Waals surface area contributed by atoms with Gasteiger partial charge in [-0.3, -0.25) is 9.59 Å². The Morgan fingerprint density at radius 1 is 1.20 bits per heavy atom. The monoisotopic (exact) mass is 337 g/mol. The highest BCUT2D eigenvalue weighted by Crippen LogP contribution is 2.31. The molecule has 126 valence electrons. The van der Waals surface area contributed by atoms with E-state index in [2.05, 4.69) is 10.5 Å². The van der Waals surface area contributed by atoms with E-state index < -0.39 is 5.91 Å². The van der Waals surface area contributed by atoms with Crippen molar-refractivity contribution in [2.75, 3.05) is 16.8 Å². The Labute approximate surface area is 143 Å². The number of benzene rings is 1. The molecule has 4 rings (SSSR count). The lowest BCUT2D eigenvalue weighted by Gasteiger charge is -2.15. The molecule has 0 fully saturated rings. The highest BCUT2D eigenvalue weighted by atomic mass is 16.5. The standard InChI is InChI=1S/C18H15N3O4/c1-11(22)21-7-6-12-4-5-13(9-15(12)21)19-18(23)14-10-17(25-20-14)16-3-2-8-24-16/h2-5,8-10H,6-7H2,1H3,(H,19,23). The number of furan rings is 1. The van der Waals surface area contributed by atoms with Gasteiger partial charge in [-0.25, -0.2) is 0 Å². The molecule has 1 aliphatic heterocycles. The molecule has 1 N–H and O–H groups in total. The third-order valence-corrected chi connectivity index (χ3v) is 4.13. The molecule has 0 aliphatic carbocycles. The molecule has 2 aromatic heterocycles. The summed E-state index contributed by atoms with van der Waals surface area (Å²) in [5, 5.41) is 6.55.